The van der Waals surface area contributed by atoms with Gasteiger partial charge in [0.05, 0.1) is 16.3 Å². The molecular formula is C19H16FNO2S2. The first-order valence-electron chi connectivity index (χ1n) is 7.66. The van der Waals surface area contributed by atoms with E-state index in [1.54, 1.807) is 47.4 Å². The summed E-state index contributed by atoms with van der Waals surface area (Å²) in [5.41, 5.74) is 2.13. The number of carbonyl (C=O) groups excluding carboxylic acids is 1. The van der Waals surface area contributed by atoms with Crippen molar-refractivity contribution in [3.05, 3.63) is 81.6 Å². The summed E-state index contributed by atoms with van der Waals surface area (Å²) in [5, 5.41) is 3.05. The van der Waals surface area contributed by atoms with Crippen molar-refractivity contribution in [3.63, 3.8) is 0 Å². The van der Waals surface area contributed by atoms with Crippen LogP contribution in [0.15, 0.2) is 58.8 Å². The van der Waals surface area contributed by atoms with Crippen molar-refractivity contribution in [3.8, 4) is 0 Å². The average Bonchev–Trinajstić information content (AvgIpc) is 3.03. The molecule has 0 unspecified atom stereocenters. The van der Waals surface area contributed by atoms with Gasteiger partial charge in [-0.2, -0.15) is 0 Å². The Morgan fingerprint density at radius 3 is 2.84 bits per heavy atom. The van der Waals surface area contributed by atoms with Crippen LogP contribution in [0.2, 0.25) is 0 Å². The zero-order chi connectivity index (χ0) is 17.6. The summed E-state index contributed by atoms with van der Waals surface area (Å²) in [5.74, 6) is -0.0664. The van der Waals surface area contributed by atoms with E-state index in [0.717, 1.165) is 15.6 Å². The molecule has 0 radical (unpaired) electrons. The molecule has 3 rings (SSSR count). The van der Waals surface area contributed by atoms with Crippen LogP contribution in [-0.4, -0.2) is 11.0 Å². The van der Waals surface area contributed by atoms with Crippen LogP contribution in [0, 0.1) is 12.7 Å². The third-order valence-corrected chi connectivity index (χ3v) is 5.34. The first-order valence-corrected chi connectivity index (χ1v) is 9.53. The van der Waals surface area contributed by atoms with Crippen molar-refractivity contribution in [2.45, 2.75) is 24.2 Å². The number of halogens is 1. The zero-order valence-corrected chi connectivity index (χ0v) is 15.2. The van der Waals surface area contributed by atoms with Crippen LogP contribution in [0.25, 0.3) is 0 Å². The van der Waals surface area contributed by atoms with Gasteiger partial charge in [0, 0.05) is 16.0 Å². The van der Waals surface area contributed by atoms with E-state index >= 15 is 0 Å². The number of carbonyl (C=O) groups is 1. The van der Waals surface area contributed by atoms with Gasteiger partial charge in [-0.3, -0.25) is 0 Å². The number of nitrogens with zero attached hydrogens (tertiary/aromatic N) is 1. The maximum absolute atomic E-state index is 13.2. The van der Waals surface area contributed by atoms with Gasteiger partial charge < -0.3 is 4.74 Å². The number of aryl methyl sites for hydroxylation is 1. The maximum Gasteiger partial charge on any atom is 0.339 e. The van der Waals surface area contributed by atoms with Gasteiger partial charge in [0.2, 0.25) is 0 Å². The zero-order valence-electron chi connectivity index (χ0n) is 13.6. The highest BCUT2D eigenvalue weighted by atomic mass is 32.2. The van der Waals surface area contributed by atoms with E-state index in [4.69, 9.17) is 4.74 Å². The summed E-state index contributed by atoms with van der Waals surface area (Å²) in [7, 11) is 0. The molecule has 128 valence electrons. The van der Waals surface area contributed by atoms with Crippen molar-refractivity contribution in [1.82, 2.24) is 4.98 Å². The SMILES string of the molecule is Cc1nc(CSc2ccccc2C(=O)OCc2cccc(F)c2)cs1. The molecule has 0 saturated carbocycles. The molecule has 0 aliphatic heterocycles. The first kappa shape index (κ1) is 17.6. The number of hydrogen-bond acceptors (Lipinski definition) is 5. The lowest BCUT2D eigenvalue weighted by atomic mass is 10.2. The molecule has 0 fully saturated rings. The molecule has 3 aromatic rings. The lowest BCUT2D eigenvalue weighted by Gasteiger charge is -2.09. The molecule has 0 amide bonds. The van der Waals surface area contributed by atoms with Crippen LogP contribution in [-0.2, 0) is 17.1 Å². The van der Waals surface area contributed by atoms with Crippen LogP contribution in [0.5, 0.6) is 0 Å². The Labute approximate surface area is 153 Å². The van der Waals surface area contributed by atoms with Gasteiger partial charge in [0.25, 0.3) is 0 Å². The fourth-order valence-electron chi connectivity index (χ4n) is 2.24. The molecule has 0 aliphatic carbocycles. The molecule has 0 bridgehead atoms. The van der Waals surface area contributed by atoms with Crippen molar-refractivity contribution in [2.24, 2.45) is 0 Å². The number of hydrogen-bond donors (Lipinski definition) is 0. The van der Waals surface area contributed by atoms with Crippen LogP contribution in [0.3, 0.4) is 0 Å². The summed E-state index contributed by atoms with van der Waals surface area (Å²) in [4.78, 5) is 17.7. The standard InChI is InChI=1S/C19H16FNO2S2/c1-13-21-16(11-24-13)12-25-18-8-3-2-7-17(18)19(22)23-10-14-5-4-6-15(20)9-14/h2-9,11H,10,12H2,1H3. The molecule has 1 aromatic heterocycles. The smallest absolute Gasteiger partial charge is 0.339 e. The minimum atomic E-state index is -0.415. The Morgan fingerprint density at radius 2 is 2.08 bits per heavy atom. The lowest BCUT2D eigenvalue weighted by molar-refractivity contribution is 0.0468. The van der Waals surface area contributed by atoms with E-state index in [9.17, 15) is 9.18 Å². The van der Waals surface area contributed by atoms with Crippen molar-refractivity contribution < 1.29 is 13.9 Å². The van der Waals surface area contributed by atoms with E-state index in [1.165, 1.54) is 12.1 Å². The molecular weight excluding hydrogens is 357 g/mol. The fraction of sp³-hybridized carbons (Fsp3) is 0.158. The second-order valence-electron chi connectivity index (χ2n) is 5.35. The van der Waals surface area contributed by atoms with Gasteiger partial charge in [-0.1, -0.05) is 24.3 Å². The molecule has 0 spiro atoms. The Balaban J connectivity index is 1.65. The molecule has 2 aromatic carbocycles. The van der Waals surface area contributed by atoms with Gasteiger partial charge in [0.1, 0.15) is 12.4 Å². The molecule has 3 nitrogen and oxygen atoms in total. The fourth-order valence-corrected chi connectivity index (χ4v) is 3.89. The first-order chi connectivity index (χ1) is 12.1. The largest absolute Gasteiger partial charge is 0.457 e. The predicted octanol–water partition coefficient (Wildman–Crippen LogP) is 5.24. The van der Waals surface area contributed by atoms with E-state index in [1.807, 2.05) is 24.4 Å². The number of esters is 1. The van der Waals surface area contributed by atoms with Crippen LogP contribution in [0.1, 0.15) is 26.6 Å². The molecule has 6 heteroatoms. The third kappa shape index (κ3) is 4.90. The second kappa shape index (κ2) is 8.27. The highest BCUT2D eigenvalue weighted by Gasteiger charge is 2.13. The minimum Gasteiger partial charge on any atom is -0.457 e. The Hall–Kier alpha value is -2.18. The van der Waals surface area contributed by atoms with Gasteiger partial charge in [0.15, 0.2) is 0 Å². The third-order valence-electron chi connectivity index (χ3n) is 3.41. The maximum atomic E-state index is 13.2. The molecule has 0 saturated heterocycles. The summed E-state index contributed by atoms with van der Waals surface area (Å²) in [6.07, 6.45) is 0. The highest BCUT2D eigenvalue weighted by molar-refractivity contribution is 7.98. The number of rotatable bonds is 6. The van der Waals surface area contributed by atoms with Crippen LogP contribution >= 0.6 is 23.1 Å². The predicted molar refractivity (Wildman–Crippen MR) is 98.4 cm³/mol. The van der Waals surface area contributed by atoms with Crippen LogP contribution in [0.4, 0.5) is 4.39 Å². The van der Waals surface area contributed by atoms with Gasteiger partial charge in [-0.05, 0) is 36.8 Å². The van der Waals surface area contributed by atoms with Gasteiger partial charge in [-0.15, -0.1) is 23.1 Å². The summed E-state index contributed by atoms with van der Waals surface area (Å²) in [6, 6.07) is 13.4. The molecule has 0 aliphatic rings. The molecule has 1 heterocycles. The summed E-state index contributed by atoms with van der Waals surface area (Å²) < 4.78 is 18.5. The minimum absolute atomic E-state index is 0.0425. The van der Waals surface area contributed by atoms with E-state index in [2.05, 4.69) is 4.98 Å². The number of benzene rings is 2. The van der Waals surface area contributed by atoms with Gasteiger partial charge >= 0.3 is 5.97 Å². The molecule has 0 atom stereocenters. The van der Waals surface area contributed by atoms with E-state index < -0.39 is 5.97 Å². The van der Waals surface area contributed by atoms with Crippen molar-refractivity contribution >= 4 is 29.1 Å². The van der Waals surface area contributed by atoms with Crippen LogP contribution < -0.4 is 0 Å². The average molecular weight is 373 g/mol. The number of aromatic nitrogens is 1. The molecule has 25 heavy (non-hydrogen) atoms. The summed E-state index contributed by atoms with van der Waals surface area (Å²) >= 11 is 3.16. The monoisotopic (exact) mass is 373 g/mol. The Kier molecular flexibility index (Phi) is 5.83. The van der Waals surface area contributed by atoms with Crippen molar-refractivity contribution in [2.75, 3.05) is 0 Å². The van der Waals surface area contributed by atoms with Gasteiger partial charge in [-0.25, -0.2) is 14.2 Å². The van der Waals surface area contributed by atoms with E-state index in [-0.39, 0.29) is 12.4 Å². The number of thiazole rings is 1. The lowest BCUT2D eigenvalue weighted by Crippen LogP contribution is -2.06. The highest BCUT2D eigenvalue weighted by Crippen LogP contribution is 2.27. The second-order valence-corrected chi connectivity index (χ2v) is 7.43. The number of ether oxygens (including phenoxy) is 1. The van der Waals surface area contributed by atoms with Crippen molar-refractivity contribution in [1.29, 1.82) is 0 Å². The normalized spacial score (nSPS) is 10.6. The topological polar surface area (TPSA) is 39.2 Å². The Bertz CT molecular complexity index is 879. The quantitative estimate of drug-likeness (QED) is 0.437. The van der Waals surface area contributed by atoms with E-state index in [0.29, 0.717) is 16.9 Å². The number of thioether (sulfide) groups is 1. The Morgan fingerprint density at radius 1 is 1.24 bits per heavy atom. The summed E-state index contributed by atoms with van der Waals surface area (Å²) in [6.45, 7) is 2.01. The molecule has 0 N–H and O–H groups in total.